The fourth-order valence-electron chi connectivity index (χ4n) is 2.15. The first-order valence-electron chi connectivity index (χ1n) is 12.1. The van der Waals surface area contributed by atoms with Gasteiger partial charge in [-0.25, -0.2) is 45.7 Å². The van der Waals surface area contributed by atoms with Crippen molar-refractivity contribution >= 4 is 29.5 Å². The van der Waals surface area contributed by atoms with Gasteiger partial charge in [0.15, 0.2) is 0 Å². The van der Waals surface area contributed by atoms with Gasteiger partial charge < -0.3 is 39.9 Å². The molecule has 5 aromatic heterocycles. The molecule has 5 rings (SSSR count). The number of nitrogens with zero attached hydrogens (tertiary/aromatic N) is 25. The van der Waals surface area contributed by atoms with Crippen LogP contribution in [-0.4, -0.2) is 110 Å². The average Bonchev–Trinajstić information content (AvgIpc) is 3.85. The number of aryl methyl sites for hydroxylation is 5. The summed E-state index contributed by atoms with van der Waals surface area (Å²) in [6.07, 6.45) is 12.8. The van der Waals surface area contributed by atoms with E-state index in [4.69, 9.17) is 0 Å². The molecular weight excluding hydrogens is 1030 g/mol. The van der Waals surface area contributed by atoms with Gasteiger partial charge in [-0.05, 0) is 33.1 Å². The van der Waals surface area contributed by atoms with Crippen LogP contribution in [0.4, 0.5) is 29.5 Å². The van der Waals surface area contributed by atoms with Gasteiger partial charge in [-0.1, -0.05) is 0 Å². The molecule has 0 aliphatic heterocycles. The minimum absolute atomic E-state index is 0. The zero-order valence-electron chi connectivity index (χ0n) is 29.1. The summed E-state index contributed by atoms with van der Waals surface area (Å²) >= 11 is 0. The van der Waals surface area contributed by atoms with Crippen molar-refractivity contribution in [3.8, 4) is 0 Å². The van der Waals surface area contributed by atoms with Crippen molar-refractivity contribution in [2.24, 2.45) is 86.4 Å². The van der Waals surface area contributed by atoms with Gasteiger partial charge in [-0.2, -0.15) is 30.7 Å². The predicted octanol–water partition coefficient (Wildman–Crippen LogP) is 1.63. The molecule has 25 nitrogen and oxygen atoms in total. The summed E-state index contributed by atoms with van der Waals surface area (Å²) in [6.45, 7) is 0. The molecule has 0 fully saturated rings. The van der Waals surface area contributed by atoms with Gasteiger partial charge in [-0.3, -0.25) is 16.4 Å². The number of hydrogen-bond donors (Lipinski definition) is 0. The zero-order valence-corrected chi connectivity index (χ0v) is 43.3. The van der Waals surface area contributed by atoms with Gasteiger partial charge in [0.1, 0.15) is 17.8 Å². The summed E-state index contributed by atoms with van der Waals surface area (Å²) in [5.41, 5.74) is 0. The fraction of sp³-hybridized carbons (Fsp3) is 0.500. The molecule has 5 radical (unpaired) electrons. The second-order valence-corrected chi connectivity index (χ2v) is 7.20. The van der Waals surface area contributed by atoms with Crippen molar-refractivity contribution in [2.75, 3.05) is 35.2 Å². The van der Waals surface area contributed by atoms with E-state index in [1.165, 1.54) is 18.8 Å². The Hall–Kier alpha value is -0.781. The third-order valence-electron chi connectivity index (χ3n) is 3.83. The molecule has 30 heteroatoms. The van der Waals surface area contributed by atoms with E-state index in [0.717, 1.165) is 0 Å². The smallest absolute Gasteiger partial charge is 0.126 e. The third kappa shape index (κ3) is 26.9. The summed E-state index contributed by atoms with van der Waals surface area (Å²) < 4.78 is 5.95. The van der Waals surface area contributed by atoms with Crippen molar-refractivity contribution in [3.63, 3.8) is 0 Å². The second-order valence-electron chi connectivity index (χ2n) is 7.20. The maximum atomic E-state index is 3.79. The van der Waals surface area contributed by atoms with Crippen LogP contribution in [0.1, 0.15) is 0 Å². The Morgan fingerprint density at radius 3 is 1.54 bits per heavy atom. The summed E-state index contributed by atoms with van der Waals surface area (Å²) in [5, 5.41) is 64.8. The maximum absolute atomic E-state index is 3.79. The minimum atomic E-state index is 0. The van der Waals surface area contributed by atoms with E-state index in [1.54, 1.807) is 75.0 Å². The van der Waals surface area contributed by atoms with E-state index in [0.29, 0.717) is 29.5 Å². The van der Waals surface area contributed by atoms with Crippen LogP contribution in [0.25, 0.3) is 0 Å². The molecule has 0 atom stereocenters. The van der Waals surface area contributed by atoms with Crippen LogP contribution < -0.4 is 0 Å². The van der Waals surface area contributed by atoms with Crippen LogP contribution in [0.5, 0.6) is 0 Å². The number of aromatic nitrogens is 15. The molecule has 0 amide bonds. The topological polar surface area (TPSA) is 277 Å². The monoisotopic (exact) mass is 1060 g/mol. The third-order valence-corrected chi connectivity index (χ3v) is 3.83. The predicted molar refractivity (Wildman–Crippen MR) is 151 cm³/mol. The molecular formula is C20H30N25Y5-5. The van der Waals surface area contributed by atoms with Crippen LogP contribution in [0.3, 0.4) is 0 Å². The Balaban J connectivity index is -0.000000165. The summed E-state index contributed by atoms with van der Waals surface area (Å²) in [6, 6.07) is 0. The largest absolute Gasteiger partial charge is 0.463 e. The van der Waals surface area contributed by atoms with Gasteiger partial charge in [-0.15, -0.1) is 5.21 Å². The first-order chi connectivity index (χ1) is 21.7. The number of azo groups is 5. The van der Waals surface area contributed by atoms with Crippen LogP contribution in [0.2, 0.25) is 0 Å². The van der Waals surface area contributed by atoms with E-state index in [2.05, 4.69) is 133 Å². The summed E-state index contributed by atoms with van der Waals surface area (Å²) in [7, 11) is 16.5. The van der Waals surface area contributed by atoms with Crippen molar-refractivity contribution < 1.29 is 164 Å². The number of rotatable bonds is 5. The molecule has 50 heavy (non-hydrogen) atoms. The van der Waals surface area contributed by atoms with E-state index in [1.807, 2.05) is 0 Å². The maximum Gasteiger partial charge on any atom is 0.126 e. The van der Waals surface area contributed by atoms with E-state index in [-0.39, 0.29) is 164 Å². The molecule has 0 unspecified atom stereocenters. The van der Waals surface area contributed by atoms with Crippen LogP contribution in [0, 0.1) is 31.4 Å². The quantitative estimate of drug-likeness (QED) is 0.181. The van der Waals surface area contributed by atoms with E-state index < -0.39 is 0 Å². The molecule has 0 spiro atoms. The normalized spacial score (nSPS) is 9.80. The van der Waals surface area contributed by atoms with Gasteiger partial charge in [0.05, 0.1) is 0 Å². The average molecular weight is 1070 g/mol. The molecule has 0 bridgehead atoms. The van der Waals surface area contributed by atoms with Crippen LogP contribution in [-0.2, 0) is 199 Å². The Morgan fingerprint density at radius 2 is 1.14 bits per heavy atom. The van der Waals surface area contributed by atoms with Crippen molar-refractivity contribution in [3.05, 3.63) is 31.4 Å². The van der Waals surface area contributed by atoms with E-state index >= 15 is 0 Å². The Morgan fingerprint density at radius 1 is 0.560 bits per heavy atom. The standard InChI is InChI=1S/5C4H6N5.5Y/c1-5-7-4-8-6-3-9(4)2;1-5-7-4-6-3-9(2)8-4;1-5-8-4-6-3-7-9(4)2;1-5-6-4-3-9(2)8-7-4;1-5-7-4-3-6-9(2)8-4;;;;;/h5*1-2H3;;;;;/q5*-1;;;;;. The summed E-state index contributed by atoms with van der Waals surface area (Å²) in [5.74, 6) is 2.12. The molecule has 0 saturated carbocycles. The zero-order chi connectivity index (χ0) is 33.5. The molecule has 5 aromatic rings. The molecule has 0 saturated heterocycles. The molecule has 255 valence electrons. The molecule has 0 aliphatic carbocycles. The molecule has 0 N–H and O–H groups in total. The SMILES string of the molecule is CN=Nc1[c-]n(C)nn1.CN=Nc1[c-]nn(C)n1.CN=Nc1n[c-]n(C)n1.CN=Nc1n[c-]nn1C.CN=Nc1nn[c-]n1C.[Y].[Y].[Y].[Y].[Y]. The number of hydrogen-bond acceptors (Lipinski definition) is 20. The van der Waals surface area contributed by atoms with Gasteiger partial charge in [0.2, 0.25) is 0 Å². The Labute approximate surface area is 414 Å². The first-order valence-corrected chi connectivity index (χ1v) is 12.1. The van der Waals surface area contributed by atoms with Gasteiger partial charge in [0.25, 0.3) is 0 Å². The van der Waals surface area contributed by atoms with Gasteiger partial charge in [0, 0.05) is 232 Å². The Bertz CT molecular complexity index is 1480. The van der Waals surface area contributed by atoms with Crippen molar-refractivity contribution in [2.45, 2.75) is 0 Å². The van der Waals surface area contributed by atoms with Crippen molar-refractivity contribution in [1.29, 1.82) is 0 Å². The Kier molecular flexibility index (Phi) is 42.8. The molecule has 5 heterocycles. The minimum Gasteiger partial charge on any atom is -0.463 e. The molecule has 0 aliphatic rings. The fourth-order valence-corrected chi connectivity index (χ4v) is 2.15. The first kappa shape index (κ1) is 58.5. The second kappa shape index (κ2) is 36.6. The van der Waals surface area contributed by atoms with Crippen LogP contribution >= 0.6 is 0 Å². The van der Waals surface area contributed by atoms with Gasteiger partial charge >= 0.3 is 0 Å². The molecule has 0 aromatic carbocycles. The summed E-state index contributed by atoms with van der Waals surface area (Å²) in [4.78, 5) is 8.72. The van der Waals surface area contributed by atoms with Crippen LogP contribution in [0.15, 0.2) is 51.1 Å². The van der Waals surface area contributed by atoms with Crippen molar-refractivity contribution in [1.82, 2.24) is 74.3 Å². The van der Waals surface area contributed by atoms with E-state index in [9.17, 15) is 0 Å².